The van der Waals surface area contributed by atoms with Gasteiger partial charge in [0.05, 0.1) is 16.5 Å². The minimum absolute atomic E-state index is 0.171. The number of anilines is 1. The average Bonchev–Trinajstić information content (AvgIpc) is 3.00. The fraction of sp³-hybridized carbons (Fsp3) is 0.125. The van der Waals surface area contributed by atoms with Crippen molar-refractivity contribution in [1.82, 2.24) is 9.97 Å². The zero-order chi connectivity index (χ0) is 16.2. The van der Waals surface area contributed by atoms with E-state index in [0.717, 1.165) is 0 Å². The molecule has 0 unspecified atom stereocenters. The zero-order valence-electron chi connectivity index (χ0n) is 12.0. The molecular formula is C16H12N4O2S. The third-order valence-electron chi connectivity index (χ3n) is 3.29. The number of benzene rings is 1. The number of thiophene rings is 1. The average molecular weight is 324 g/mol. The summed E-state index contributed by atoms with van der Waals surface area (Å²) < 4.78 is 0. The predicted molar refractivity (Wildman–Crippen MR) is 88.3 cm³/mol. The summed E-state index contributed by atoms with van der Waals surface area (Å²) in [6.07, 6.45) is 0.489. The van der Waals surface area contributed by atoms with Crippen LogP contribution in [-0.2, 0) is 11.2 Å². The van der Waals surface area contributed by atoms with Crippen LogP contribution in [0.1, 0.15) is 17.8 Å². The Morgan fingerprint density at radius 3 is 3.00 bits per heavy atom. The molecule has 0 saturated heterocycles. The first kappa shape index (κ1) is 14.9. The van der Waals surface area contributed by atoms with E-state index in [4.69, 9.17) is 5.26 Å². The lowest BCUT2D eigenvalue weighted by Gasteiger charge is -2.04. The van der Waals surface area contributed by atoms with E-state index >= 15 is 0 Å². The van der Waals surface area contributed by atoms with E-state index in [1.54, 1.807) is 29.6 Å². The van der Waals surface area contributed by atoms with Crippen LogP contribution in [-0.4, -0.2) is 15.9 Å². The van der Waals surface area contributed by atoms with Crippen molar-refractivity contribution in [3.63, 3.8) is 0 Å². The van der Waals surface area contributed by atoms with Gasteiger partial charge in [-0.05, 0) is 23.6 Å². The van der Waals surface area contributed by atoms with Crippen LogP contribution in [0.2, 0.25) is 0 Å². The Morgan fingerprint density at radius 2 is 2.17 bits per heavy atom. The summed E-state index contributed by atoms with van der Waals surface area (Å²) in [6, 6.07) is 10.7. The quantitative estimate of drug-likeness (QED) is 0.770. The molecule has 114 valence electrons. The number of amides is 1. The van der Waals surface area contributed by atoms with E-state index in [0.29, 0.717) is 33.7 Å². The van der Waals surface area contributed by atoms with E-state index in [1.807, 2.05) is 12.1 Å². The number of para-hydroxylation sites is 1. The van der Waals surface area contributed by atoms with E-state index in [9.17, 15) is 9.59 Å². The van der Waals surface area contributed by atoms with Crippen LogP contribution in [0.3, 0.4) is 0 Å². The number of hydrogen-bond acceptors (Lipinski definition) is 5. The fourth-order valence-electron chi connectivity index (χ4n) is 2.17. The minimum atomic E-state index is -0.222. The van der Waals surface area contributed by atoms with Gasteiger partial charge in [0.1, 0.15) is 16.9 Å². The lowest BCUT2D eigenvalue weighted by Crippen LogP contribution is -2.16. The molecule has 1 aromatic carbocycles. The molecule has 0 fully saturated rings. The van der Waals surface area contributed by atoms with Gasteiger partial charge in [0, 0.05) is 12.8 Å². The molecule has 0 aliphatic carbocycles. The predicted octanol–water partition coefficient (Wildman–Crippen LogP) is 2.43. The lowest BCUT2D eigenvalue weighted by molar-refractivity contribution is -0.116. The molecule has 0 saturated carbocycles. The molecule has 3 rings (SSSR count). The second-order valence-electron chi connectivity index (χ2n) is 4.85. The number of aryl methyl sites for hydroxylation is 1. The molecule has 0 aliphatic heterocycles. The molecule has 2 N–H and O–H groups in total. The number of hydrogen-bond donors (Lipinski definition) is 2. The van der Waals surface area contributed by atoms with E-state index < -0.39 is 0 Å². The van der Waals surface area contributed by atoms with Gasteiger partial charge in [0.15, 0.2) is 0 Å². The van der Waals surface area contributed by atoms with Crippen molar-refractivity contribution in [1.29, 1.82) is 5.26 Å². The number of nitriles is 1. The second kappa shape index (κ2) is 6.42. The molecule has 0 spiro atoms. The van der Waals surface area contributed by atoms with E-state index in [1.165, 1.54) is 11.3 Å². The summed E-state index contributed by atoms with van der Waals surface area (Å²) in [4.78, 5) is 31.0. The Bertz CT molecular complexity index is 968. The maximum absolute atomic E-state index is 12.0. The zero-order valence-corrected chi connectivity index (χ0v) is 12.8. The highest BCUT2D eigenvalue weighted by Crippen LogP contribution is 2.22. The van der Waals surface area contributed by atoms with Crippen molar-refractivity contribution < 1.29 is 4.79 Å². The van der Waals surface area contributed by atoms with Crippen molar-refractivity contribution in [2.45, 2.75) is 12.8 Å². The molecule has 1 amide bonds. The van der Waals surface area contributed by atoms with Crippen molar-refractivity contribution in [2.75, 3.05) is 5.32 Å². The highest BCUT2D eigenvalue weighted by Gasteiger charge is 2.10. The van der Waals surface area contributed by atoms with Crippen molar-refractivity contribution in [3.05, 3.63) is 57.5 Å². The number of carbonyl (C=O) groups is 1. The number of rotatable bonds is 4. The van der Waals surface area contributed by atoms with E-state index in [2.05, 4.69) is 15.3 Å². The fourth-order valence-corrected chi connectivity index (χ4v) is 2.92. The maximum Gasteiger partial charge on any atom is 0.258 e. The molecule has 7 heteroatoms. The molecule has 2 aromatic heterocycles. The summed E-state index contributed by atoms with van der Waals surface area (Å²) in [6.45, 7) is 0. The first-order chi connectivity index (χ1) is 11.2. The summed E-state index contributed by atoms with van der Waals surface area (Å²) in [7, 11) is 0. The molecule has 2 heterocycles. The standard InChI is InChI=1S/C16H12N4O2S/c17-9-10-7-8-23-16(10)20-14(21)6-5-13-18-12-4-2-1-3-11(12)15(22)19-13/h1-4,7-8H,5-6H2,(H,20,21)(H,18,19,22). The maximum atomic E-state index is 12.0. The van der Waals surface area contributed by atoms with Crippen LogP contribution in [0, 0.1) is 11.3 Å². The van der Waals surface area contributed by atoms with Gasteiger partial charge in [-0.3, -0.25) is 9.59 Å². The van der Waals surface area contributed by atoms with Gasteiger partial charge < -0.3 is 10.3 Å². The number of nitrogens with zero attached hydrogens (tertiary/aromatic N) is 2. The molecule has 0 atom stereocenters. The Kier molecular flexibility index (Phi) is 4.17. The smallest absolute Gasteiger partial charge is 0.258 e. The Labute approximate surface area is 135 Å². The minimum Gasteiger partial charge on any atom is -0.317 e. The van der Waals surface area contributed by atoms with Gasteiger partial charge in [-0.15, -0.1) is 11.3 Å². The van der Waals surface area contributed by atoms with E-state index in [-0.39, 0.29) is 17.9 Å². The van der Waals surface area contributed by atoms with Crippen LogP contribution in [0.4, 0.5) is 5.00 Å². The summed E-state index contributed by atoms with van der Waals surface area (Å²) in [5.74, 6) is 0.246. The third kappa shape index (κ3) is 3.27. The van der Waals surface area contributed by atoms with Gasteiger partial charge in [0.25, 0.3) is 5.56 Å². The molecule has 0 aliphatic rings. The van der Waals surface area contributed by atoms with Crippen LogP contribution >= 0.6 is 11.3 Å². The molecule has 0 radical (unpaired) electrons. The van der Waals surface area contributed by atoms with Gasteiger partial charge >= 0.3 is 0 Å². The van der Waals surface area contributed by atoms with Crippen LogP contribution in [0.5, 0.6) is 0 Å². The molecular weight excluding hydrogens is 312 g/mol. The third-order valence-corrected chi connectivity index (χ3v) is 4.12. The highest BCUT2D eigenvalue weighted by atomic mass is 32.1. The number of nitrogens with one attached hydrogen (secondary N) is 2. The first-order valence-corrected chi connectivity index (χ1v) is 7.81. The number of fused-ring (bicyclic) bond motifs is 1. The van der Waals surface area contributed by atoms with Crippen molar-refractivity contribution in [2.24, 2.45) is 0 Å². The molecule has 0 bridgehead atoms. The largest absolute Gasteiger partial charge is 0.317 e. The van der Waals surface area contributed by atoms with Crippen LogP contribution < -0.4 is 10.9 Å². The highest BCUT2D eigenvalue weighted by molar-refractivity contribution is 7.14. The van der Waals surface area contributed by atoms with Gasteiger partial charge in [-0.2, -0.15) is 5.26 Å². The molecule has 3 aromatic rings. The van der Waals surface area contributed by atoms with Crippen LogP contribution in [0.15, 0.2) is 40.5 Å². The normalized spacial score (nSPS) is 10.4. The Morgan fingerprint density at radius 1 is 1.35 bits per heavy atom. The molecule has 6 nitrogen and oxygen atoms in total. The SMILES string of the molecule is N#Cc1ccsc1NC(=O)CCc1nc2ccccc2c(=O)[nH]1. The van der Waals surface area contributed by atoms with Gasteiger partial charge in [-0.25, -0.2) is 4.98 Å². The topological polar surface area (TPSA) is 98.6 Å². The summed E-state index contributed by atoms with van der Waals surface area (Å²) >= 11 is 1.30. The number of H-pyrrole nitrogens is 1. The Balaban J connectivity index is 1.70. The van der Waals surface area contributed by atoms with Gasteiger partial charge in [-0.1, -0.05) is 12.1 Å². The van der Waals surface area contributed by atoms with Gasteiger partial charge in [0.2, 0.25) is 5.91 Å². The monoisotopic (exact) mass is 324 g/mol. The van der Waals surface area contributed by atoms with Crippen molar-refractivity contribution >= 4 is 33.1 Å². The molecule has 23 heavy (non-hydrogen) atoms. The second-order valence-corrected chi connectivity index (χ2v) is 5.77. The lowest BCUT2D eigenvalue weighted by atomic mass is 10.2. The number of aromatic amines is 1. The van der Waals surface area contributed by atoms with Crippen molar-refractivity contribution in [3.8, 4) is 6.07 Å². The Hall–Kier alpha value is -2.98. The number of carbonyl (C=O) groups excluding carboxylic acids is 1. The summed E-state index contributed by atoms with van der Waals surface area (Å²) in [5.41, 5.74) is 0.841. The summed E-state index contributed by atoms with van der Waals surface area (Å²) in [5, 5.41) is 14.4. The first-order valence-electron chi connectivity index (χ1n) is 6.93. The number of aromatic nitrogens is 2. The van der Waals surface area contributed by atoms with Crippen LogP contribution in [0.25, 0.3) is 10.9 Å².